The Morgan fingerprint density at radius 2 is 1.93 bits per heavy atom. The first kappa shape index (κ1) is 19.9. The molecule has 0 spiro atoms. The van der Waals surface area contributed by atoms with Crippen LogP contribution in [0.2, 0.25) is 0 Å². The van der Waals surface area contributed by atoms with Gasteiger partial charge in [0.05, 0.1) is 17.1 Å². The Morgan fingerprint density at radius 3 is 2.59 bits per heavy atom. The molecule has 0 aromatic heterocycles. The van der Waals surface area contributed by atoms with Crippen molar-refractivity contribution in [1.82, 2.24) is 0 Å². The molecule has 0 bridgehead atoms. The van der Waals surface area contributed by atoms with Crippen molar-refractivity contribution in [2.75, 3.05) is 30.4 Å². The number of para-hydroxylation sites is 1. The number of amides is 1. The summed E-state index contributed by atoms with van der Waals surface area (Å²) >= 11 is 0. The molecule has 0 aliphatic heterocycles. The highest BCUT2D eigenvalue weighted by Crippen LogP contribution is 2.23. The number of carbonyl (C=O) groups excluding carboxylic acids is 2. The molecule has 1 amide bonds. The maximum Gasteiger partial charge on any atom is 0.341 e. The second-order valence-electron chi connectivity index (χ2n) is 5.58. The van der Waals surface area contributed by atoms with E-state index in [2.05, 4.69) is 10.6 Å². The van der Waals surface area contributed by atoms with Crippen LogP contribution in [0.15, 0.2) is 42.5 Å². The van der Waals surface area contributed by atoms with Crippen LogP contribution in [0.25, 0.3) is 0 Å². The van der Waals surface area contributed by atoms with Crippen molar-refractivity contribution in [3.8, 4) is 0 Å². The van der Waals surface area contributed by atoms with E-state index in [1.165, 1.54) is 12.1 Å². The topological polar surface area (TPSA) is 131 Å². The Balaban J connectivity index is 2.07. The monoisotopic (exact) mass is 373 g/mol. The molecule has 0 heterocycles. The number of hydrogen-bond donors (Lipinski definition) is 3. The highest BCUT2D eigenvalue weighted by atomic mass is 16.6. The van der Waals surface area contributed by atoms with Crippen molar-refractivity contribution in [2.24, 2.45) is 0 Å². The Hall–Kier alpha value is -3.46. The van der Waals surface area contributed by atoms with Gasteiger partial charge in [-0.05, 0) is 24.6 Å². The second-order valence-corrected chi connectivity index (χ2v) is 5.58. The average Bonchev–Trinajstić information content (AvgIpc) is 2.66. The molecule has 0 unspecified atom stereocenters. The maximum atomic E-state index is 12.3. The van der Waals surface area contributed by atoms with Gasteiger partial charge in [-0.3, -0.25) is 14.9 Å². The third-order valence-corrected chi connectivity index (χ3v) is 3.61. The number of anilines is 2. The number of rotatable bonds is 8. The van der Waals surface area contributed by atoms with Gasteiger partial charge < -0.3 is 20.5 Å². The molecule has 0 radical (unpaired) electrons. The molecule has 0 aliphatic rings. The highest BCUT2D eigenvalue weighted by Gasteiger charge is 2.19. The lowest BCUT2D eigenvalue weighted by Gasteiger charge is -2.12. The molecule has 2 aromatic rings. The van der Waals surface area contributed by atoms with Crippen molar-refractivity contribution < 1.29 is 24.4 Å². The zero-order valence-corrected chi connectivity index (χ0v) is 14.6. The average molecular weight is 373 g/mol. The first-order valence-electron chi connectivity index (χ1n) is 8.08. The largest absolute Gasteiger partial charge is 0.452 e. The maximum absolute atomic E-state index is 12.3. The van der Waals surface area contributed by atoms with Crippen LogP contribution in [0.4, 0.5) is 17.1 Å². The van der Waals surface area contributed by atoms with Crippen LogP contribution in [-0.4, -0.2) is 41.7 Å². The molecular weight excluding hydrogens is 354 g/mol. The molecule has 9 nitrogen and oxygen atoms in total. The zero-order valence-electron chi connectivity index (χ0n) is 14.6. The standard InChI is InChI=1S/C18H19N3O6/c1-12-4-2-3-5-15(12)20-17(23)11-27-18(24)14-10-13(21(25)26)6-7-16(14)19-8-9-22/h2-7,10,19,22H,8-9,11H2,1H3,(H,20,23). The number of aryl methyl sites for hydroxylation is 1. The van der Waals surface area contributed by atoms with E-state index in [1.807, 2.05) is 19.1 Å². The van der Waals surface area contributed by atoms with Crippen molar-refractivity contribution in [3.05, 3.63) is 63.7 Å². The van der Waals surface area contributed by atoms with E-state index in [0.717, 1.165) is 11.6 Å². The minimum absolute atomic E-state index is 0.0960. The predicted octanol–water partition coefficient (Wildman–Crippen LogP) is 2.10. The van der Waals surface area contributed by atoms with Gasteiger partial charge in [-0.1, -0.05) is 18.2 Å². The van der Waals surface area contributed by atoms with E-state index in [-0.39, 0.29) is 30.1 Å². The molecule has 0 aliphatic carbocycles. The van der Waals surface area contributed by atoms with E-state index in [1.54, 1.807) is 12.1 Å². The summed E-state index contributed by atoms with van der Waals surface area (Å²) in [6.45, 7) is 1.23. The molecule has 27 heavy (non-hydrogen) atoms. The fraction of sp³-hybridized carbons (Fsp3) is 0.222. The summed E-state index contributed by atoms with van der Waals surface area (Å²) in [6, 6.07) is 10.8. The van der Waals surface area contributed by atoms with E-state index < -0.39 is 23.4 Å². The van der Waals surface area contributed by atoms with E-state index in [0.29, 0.717) is 5.69 Å². The lowest BCUT2D eigenvalue weighted by Crippen LogP contribution is -2.22. The Kier molecular flexibility index (Phi) is 6.84. The van der Waals surface area contributed by atoms with Crippen LogP contribution in [-0.2, 0) is 9.53 Å². The molecule has 0 saturated carbocycles. The van der Waals surface area contributed by atoms with Crippen LogP contribution in [0, 0.1) is 17.0 Å². The first-order valence-corrected chi connectivity index (χ1v) is 8.08. The van der Waals surface area contributed by atoms with Crippen molar-refractivity contribution in [1.29, 1.82) is 0 Å². The molecule has 9 heteroatoms. The Morgan fingerprint density at radius 1 is 1.19 bits per heavy atom. The predicted molar refractivity (Wildman–Crippen MR) is 98.8 cm³/mol. The molecule has 142 valence electrons. The summed E-state index contributed by atoms with van der Waals surface area (Å²) in [5.74, 6) is -1.42. The summed E-state index contributed by atoms with van der Waals surface area (Å²) in [5, 5.41) is 25.2. The third-order valence-electron chi connectivity index (χ3n) is 3.61. The first-order chi connectivity index (χ1) is 12.9. The number of non-ortho nitro benzene ring substituents is 1. The van der Waals surface area contributed by atoms with Gasteiger partial charge in [0.2, 0.25) is 0 Å². The van der Waals surface area contributed by atoms with Gasteiger partial charge in [-0.2, -0.15) is 0 Å². The lowest BCUT2D eigenvalue weighted by atomic mass is 10.1. The molecule has 0 atom stereocenters. The fourth-order valence-electron chi connectivity index (χ4n) is 2.27. The van der Waals surface area contributed by atoms with Gasteiger partial charge in [0, 0.05) is 30.1 Å². The van der Waals surface area contributed by atoms with Crippen LogP contribution in [0.5, 0.6) is 0 Å². The summed E-state index contributed by atoms with van der Waals surface area (Å²) in [4.78, 5) is 34.6. The fourth-order valence-corrected chi connectivity index (χ4v) is 2.27. The highest BCUT2D eigenvalue weighted by molar-refractivity contribution is 5.99. The van der Waals surface area contributed by atoms with Gasteiger partial charge in [-0.25, -0.2) is 4.79 Å². The SMILES string of the molecule is Cc1ccccc1NC(=O)COC(=O)c1cc([N+](=O)[O-])ccc1NCCO. The Labute approximate surface area is 155 Å². The number of aliphatic hydroxyl groups is 1. The second kappa shape index (κ2) is 9.30. The number of nitro groups is 1. The summed E-state index contributed by atoms with van der Waals surface area (Å²) in [7, 11) is 0. The van der Waals surface area contributed by atoms with E-state index in [4.69, 9.17) is 9.84 Å². The lowest BCUT2D eigenvalue weighted by molar-refractivity contribution is -0.384. The van der Waals surface area contributed by atoms with Gasteiger partial charge in [0.25, 0.3) is 11.6 Å². The summed E-state index contributed by atoms with van der Waals surface area (Å²) in [6.07, 6.45) is 0. The van der Waals surface area contributed by atoms with Crippen molar-refractivity contribution in [3.63, 3.8) is 0 Å². The molecule has 2 rings (SSSR count). The van der Waals surface area contributed by atoms with Crippen LogP contribution < -0.4 is 10.6 Å². The third kappa shape index (κ3) is 5.51. The van der Waals surface area contributed by atoms with Crippen LogP contribution in [0.3, 0.4) is 0 Å². The van der Waals surface area contributed by atoms with Crippen molar-refractivity contribution >= 4 is 28.9 Å². The van der Waals surface area contributed by atoms with Gasteiger partial charge in [-0.15, -0.1) is 0 Å². The van der Waals surface area contributed by atoms with Crippen LogP contribution in [0.1, 0.15) is 15.9 Å². The molecule has 3 N–H and O–H groups in total. The van der Waals surface area contributed by atoms with E-state index in [9.17, 15) is 19.7 Å². The molecule has 2 aromatic carbocycles. The Bertz CT molecular complexity index is 853. The van der Waals surface area contributed by atoms with E-state index >= 15 is 0 Å². The minimum Gasteiger partial charge on any atom is -0.452 e. The minimum atomic E-state index is -0.890. The number of nitro benzene ring substituents is 1. The molecule has 0 fully saturated rings. The number of esters is 1. The van der Waals surface area contributed by atoms with Gasteiger partial charge in [0.1, 0.15) is 0 Å². The summed E-state index contributed by atoms with van der Waals surface area (Å²) < 4.78 is 4.98. The number of carbonyl (C=O) groups is 2. The number of nitrogens with one attached hydrogen (secondary N) is 2. The number of ether oxygens (including phenoxy) is 1. The number of nitrogens with zero attached hydrogens (tertiary/aromatic N) is 1. The number of benzene rings is 2. The van der Waals surface area contributed by atoms with Crippen LogP contribution >= 0.6 is 0 Å². The van der Waals surface area contributed by atoms with Crippen molar-refractivity contribution in [2.45, 2.75) is 6.92 Å². The summed E-state index contributed by atoms with van der Waals surface area (Å²) in [5.41, 5.74) is 1.33. The molecule has 0 saturated heterocycles. The smallest absolute Gasteiger partial charge is 0.341 e. The van der Waals surface area contributed by atoms with Gasteiger partial charge in [0.15, 0.2) is 6.61 Å². The van der Waals surface area contributed by atoms with Gasteiger partial charge >= 0.3 is 5.97 Å². The normalized spacial score (nSPS) is 10.1. The number of hydrogen-bond acceptors (Lipinski definition) is 7. The quantitative estimate of drug-likeness (QED) is 0.367. The molecular formula is C18H19N3O6. The number of aliphatic hydroxyl groups excluding tert-OH is 1. The zero-order chi connectivity index (χ0) is 19.8.